The predicted octanol–water partition coefficient (Wildman–Crippen LogP) is 48.5. The van der Waals surface area contributed by atoms with Crippen molar-refractivity contribution in [3.63, 3.8) is 0 Å². The molecule has 0 heterocycles. The van der Waals surface area contributed by atoms with Gasteiger partial charge in [-0.3, -0.25) is 0 Å². The van der Waals surface area contributed by atoms with Gasteiger partial charge in [-0.05, 0) is 247 Å². The molecule has 0 aliphatic rings. The Hall–Kier alpha value is -14.3. The van der Waals surface area contributed by atoms with Gasteiger partial charge in [-0.2, -0.15) is 0 Å². The fourth-order valence-corrected chi connectivity index (χ4v) is 16.4. The molecule has 0 aliphatic heterocycles. The summed E-state index contributed by atoms with van der Waals surface area (Å²) in [6.07, 6.45) is 0. The lowest BCUT2D eigenvalue weighted by atomic mass is 9.98. The minimum atomic E-state index is 1.31. The Kier molecular flexibility index (Phi) is 69.5. The lowest BCUT2D eigenvalue weighted by molar-refractivity contribution is 1.48. The van der Waals surface area contributed by atoms with E-state index in [0.29, 0.717) is 0 Å². The molecule has 0 amide bonds. The molecule has 772 valence electrons. The molecular formula is C147H184. The van der Waals surface area contributed by atoms with E-state index in [1.165, 1.54) is 201 Å². The topological polar surface area (TPSA) is 0 Å². The highest BCUT2D eigenvalue weighted by Gasteiger charge is 2.08. The second-order valence-corrected chi connectivity index (χ2v) is 31.1. The Bertz CT molecular complexity index is 7300. The molecule has 0 aromatic heterocycles. The largest absolute Gasteiger partial charge is 0.0683 e. The van der Waals surface area contributed by atoms with Gasteiger partial charge >= 0.3 is 0 Å². The maximum absolute atomic E-state index is 2.26. The summed E-state index contributed by atoms with van der Waals surface area (Å²) in [5.41, 5.74) is 12.1. The monoisotopic (exact) mass is 1950 g/mol. The van der Waals surface area contributed by atoms with Crippen LogP contribution in [0.3, 0.4) is 0 Å². The van der Waals surface area contributed by atoms with Crippen LogP contribution >= 0.6 is 0 Å². The van der Waals surface area contributed by atoms with Crippen molar-refractivity contribution in [1.82, 2.24) is 0 Å². The Morgan fingerprint density at radius 3 is 0.762 bits per heavy atom. The van der Waals surface area contributed by atoms with E-state index >= 15 is 0 Å². The van der Waals surface area contributed by atoms with Crippen LogP contribution in [0.2, 0.25) is 0 Å². The van der Waals surface area contributed by atoms with Crippen LogP contribution < -0.4 is 0 Å². The first-order valence-corrected chi connectivity index (χ1v) is 55.4. The molecule has 0 bridgehead atoms. The normalized spacial score (nSPS) is 9.26. The molecule has 23 aromatic rings. The third-order valence-corrected chi connectivity index (χ3v) is 22.7. The zero-order valence-corrected chi connectivity index (χ0v) is 97.6. The third-order valence-electron chi connectivity index (χ3n) is 22.7. The predicted molar refractivity (Wildman–Crippen MR) is 685 cm³/mol. The van der Waals surface area contributed by atoms with Crippen LogP contribution in [0, 0.1) is 62.3 Å². The molecule has 0 nitrogen and oxygen atoms in total. The first-order valence-electron chi connectivity index (χ1n) is 55.4. The summed E-state index contributed by atoms with van der Waals surface area (Å²) in [5, 5.41) is 37.5. The van der Waals surface area contributed by atoms with E-state index in [-0.39, 0.29) is 0 Å². The summed E-state index contributed by atoms with van der Waals surface area (Å²) in [7, 11) is 0. The van der Waals surface area contributed by atoms with Gasteiger partial charge in [0.1, 0.15) is 0 Å². The number of hydrogen-bond acceptors (Lipinski definition) is 0. The molecule has 0 spiro atoms. The second-order valence-electron chi connectivity index (χ2n) is 31.1. The number of benzene rings is 23. The van der Waals surface area contributed by atoms with Gasteiger partial charge in [-0.25, -0.2) is 0 Å². The van der Waals surface area contributed by atoms with Crippen molar-refractivity contribution in [1.29, 1.82) is 0 Å². The lowest BCUT2D eigenvalue weighted by Crippen LogP contribution is -1.81. The average Bonchev–Trinajstić information content (AvgIpc) is 0.797. The van der Waals surface area contributed by atoms with Gasteiger partial charge in [0.2, 0.25) is 0 Å². The van der Waals surface area contributed by atoms with Crippen molar-refractivity contribution < 1.29 is 0 Å². The molecule has 0 heteroatoms. The first-order chi connectivity index (χ1) is 72.3. The van der Waals surface area contributed by atoms with Gasteiger partial charge in [0.15, 0.2) is 0 Å². The van der Waals surface area contributed by atoms with Crippen LogP contribution in [0.25, 0.3) is 151 Å². The number of aryl methyl sites for hydroxylation is 9. The van der Waals surface area contributed by atoms with Crippen LogP contribution in [0.1, 0.15) is 244 Å². The highest BCUT2D eigenvalue weighted by atomic mass is 14.1. The molecule has 0 saturated heterocycles. The molecule has 0 atom stereocenters. The minimum absolute atomic E-state index is 1.31. The van der Waals surface area contributed by atoms with E-state index in [4.69, 9.17) is 0 Å². The van der Waals surface area contributed by atoms with Crippen molar-refractivity contribution in [2.45, 2.75) is 256 Å². The number of fused-ring (bicyclic) bond motifs is 19. The van der Waals surface area contributed by atoms with Gasteiger partial charge in [-0.1, -0.05) is 653 Å². The zero-order valence-electron chi connectivity index (χ0n) is 97.6. The van der Waals surface area contributed by atoms with Crippen LogP contribution in [0.4, 0.5) is 0 Å². The van der Waals surface area contributed by atoms with Crippen molar-refractivity contribution in [3.05, 3.63) is 493 Å². The van der Waals surface area contributed by atoms with E-state index in [2.05, 4.69) is 487 Å². The highest BCUT2D eigenvalue weighted by molar-refractivity contribution is 6.13. The lowest BCUT2D eigenvalue weighted by Gasteiger charge is -2.06. The summed E-state index contributed by atoms with van der Waals surface area (Å²) in [4.78, 5) is 0. The maximum Gasteiger partial charge on any atom is -0.00761 e. The van der Waals surface area contributed by atoms with Crippen molar-refractivity contribution in [2.75, 3.05) is 0 Å². The quantitative estimate of drug-likeness (QED) is 0.105. The molecule has 0 fully saturated rings. The molecule has 0 unspecified atom stereocenters. The van der Waals surface area contributed by atoms with Crippen LogP contribution in [0.15, 0.2) is 443 Å². The molecule has 23 aromatic carbocycles. The van der Waals surface area contributed by atoms with E-state index in [9.17, 15) is 0 Å². The smallest absolute Gasteiger partial charge is 0.00761 e. The Labute approximate surface area is 893 Å². The van der Waals surface area contributed by atoms with E-state index in [1.54, 1.807) is 0 Å². The molecular weight excluding hydrogens is 1770 g/mol. The summed E-state index contributed by atoms with van der Waals surface area (Å²) in [6.45, 7) is 75.3. The van der Waals surface area contributed by atoms with Gasteiger partial charge < -0.3 is 0 Å². The van der Waals surface area contributed by atoms with Gasteiger partial charge in [-0.15, -0.1) is 0 Å². The Morgan fingerprint density at radius 2 is 0.320 bits per heavy atom. The van der Waals surface area contributed by atoms with Crippen molar-refractivity contribution >= 4 is 151 Å². The zero-order chi connectivity index (χ0) is 110. The SMILES string of the molecule is CC.CC.CC.CC.CC.CC.CC.CC.CC.CC.CC.CC.CC.CC.Cc1c2ccccc2cc2ccccc12.Cc1cc2ccccc2c2ccccc12.Cc1ccc2c(ccc3ccccc32)c1.Cc1ccc2ccc3ccccc3c2c1.Cc1ccc2ccccc2c1.Cc1cccc2c1ccc1ccccc12.Cc1cccc2ccc3ccccc3c12.Cc1cccc2ccccc12.Cc1ccccc1. The van der Waals surface area contributed by atoms with E-state index in [1.807, 2.05) is 212 Å². The fourth-order valence-electron chi connectivity index (χ4n) is 16.4. The molecule has 0 N–H and O–H groups in total. The van der Waals surface area contributed by atoms with E-state index in [0.717, 1.165) is 0 Å². The highest BCUT2D eigenvalue weighted by Crippen LogP contribution is 2.34. The Morgan fingerprint density at radius 1 is 0.0952 bits per heavy atom. The number of hydrogen-bond donors (Lipinski definition) is 0. The minimum Gasteiger partial charge on any atom is -0.0683 e. The van der Waals surface area contributed by atoms with Crippen molar-refractivity contribution in [2.24, 2.45) is 0 Å². The maximum atomic E-state index is 2.26. The molecule has 23 rings (SSSR count). The number of rotatable bonds is 0. The first kappa shape index (κ1) is 131. The van der Waals surface area contributed by atoms with Crippen LogP contribution in [-0.2, 0) is 0 Å². The van der Waals surface area contributed by atoms with Crippen LogP contribution in [-0.4, -0.2) is 0 Å². The van der Waals surface area contributed by atoms with Gasteiger partial charge in [0.25, 0.3) is 0 Å². The molecule has 0 aliphatic carbocycles. The third kappa shape index (κ3) is 39.5. The van der Waals surface area contributed by atoms with Crippen molar-refractivity contribution in [3.8, 4) is 0 Å². The van der Waals surface area contributed by atoms with E-state index < -0.39 is 0 Å². The standard InChI is InChI=1S/6C15H12.2C11H10.C7H8.14C2H6/c1-11-14-8-4-2-6-12(14)10-13-7-3-5-9-15(11)13;1-11-5-4-7-13-10-9-12-6-2-3-8-14(12)15(11)13;1-11-10-12-6-2-3-8-14(12)15-9-5-4-7-13(11)15;1-11-5-4-8-15-13(11)10-9-12-6-2-3-7-14(12)15;1-11-6-9-15-13(10-11)8-7-12-4-2-3-5-14(12)15;1-11-6-7-13-9-8-12-4-2-3-5-14(12)15(13)10-11;1-9-5-4-7-10-6-2-3-8-11(9)10;1-9-6-7-10-4-2-3-5-11(10)8-9;1-7-5-3-2-4-6-7;14*1-2/h6*2-10H,1H3;2*2-8H,1H3;2-6H,1H3;14*1-2H3. The van der Waals surface area contributed by atoms with Crippen LogP contribution in [0.5, 0.6) is 0 Å². The van der Waals surface area contributed by atoms with Gasteiger partial charge in [0, 0.05) is 0 Å². The Balaban J connectivity index is 0.000000805. The summed E-state index contributed by atoms with van der Waals surface area (Å²) >= 11 is 0. The molecule has 0 radical (unpaired) electrons. The second kappa shape index (κ2) is 78.1. The van der Waals surface area contributed by atoms with Gasteiger partial charge in [0.05, 0.1) is 0 Å². The summed E-state index contributed by atoms with van der Waals surface area (Å²) in [6, 6.07) is 157. The molecule has 147 heavy (non-hydrogen) atoms. The summed E-state index contributed by atoms with van der Waals surface area (Å²) < 4.78 is 0. The summed E-state index contributed by atoms with van der Waals surface area (Å²) in [5.74, 6) is 0. The molecule has 0 saturated carbocycles. The fraction of sp³-hybridized carbons (Fsp3) is 0.252. The average molecular weight is 1950 g/mol.